The second-order valence-electron chi connectivity index (χ2n) is 7.52. The summed E-state index contributed by atoms with van der Waals surface area (Å²) in [5.41, 5.74) is 0.186. The molecule has 8 nitrogen and oxygen atoms in total. The maximum atomic E-state index is 13.0. The number of amides is 1. The number of hydrogen-bond acceptors (Lipinski definition) is 5. The number of rotatable bonds is 2. The highest BCUT2D eigenvalue weighted by molar-refractivity contribution is 6.19. The van der Waals surface area contributed by atoms with Crippen LogP contribution >= 0.6 is 0 Å². The Morgan fingerprint density at radius 3 is 2.85 bits per heavy atom. The van der Waals surface area contributed by atoms with E-state index in [0.717, 1.165) is 16.2 Å². The van der Waals surface area contributed by atoms with Gasteiger partial charge in [-0.1, -0.05) is 0 Å². The number of likely N-dealkylation sites (tertiary alicyclic amines) is 1. The summed E-state index contributed by atoms with van der Waals surface area (Å²) in [6, 6.07) is 4.11. The second-order valence-corrected chi connectivity index (χ2v) is 7.52. The van der Waals surface area contributed by atoms with Crippen LogP contribution in [0.15, 0.2) is 29.5 Å². The molecule has 1 aliphatic carbocycles. The smallest absolute Gasteiger partial charge is 0.250 e. The van der Waals surface area contributed by atoms with Gasteiger partial charge in [0.15, 0.2) is 0 Å². The maximum Gasteiger partial charge on any atom is 0.250 e. The lowest BCUT2D eigenvalue weighted by molar-refractivity contribution is -0.141. The molecule has 27 heavy (non-hydrogen) atoms. The summed E-state index contributed by atoms with van der Waals surface area (Å²) in [4.78, 5) is 34.9. The minimum absolute atomic E-state index is 0.00135. The van der Waals surface area contributed by atoms with Crippen molar-refractivity contribution in [1.29, 1.82) is 5.26 Å². The summed E-state index contributed by atoms with van der Waals surface area (Å²) in [7, 11) is 0. The molecule has 1 N–H and O–H groups in total. The molecular weight excluding hydrogens is 344 g/mol. The molecule has 0 atom stereocenters. The van der Waals surface area contributed by atoms with Crippen molar-refractivity contribution >= 4 is 38.6 Å². The molecular formula is C19H14N6O2. The lowest BCUT2D eigenvalue weighted by atomic mass is 10.0. The zero-order valence-corrected chi connectivity index (χ0v) is 14.3. The minimum atomic E-state index is -0.708. The van der Waals surface area contributed by atoms with Crippen LogP contribution in [0.4, 0.5) is 0 Å². The largest absolute Gasteiger partial charge is 0.346 e. The van der Waals surface area contributed by atoms with Crippen LogP contribution in [0.1, 0.15) is 12.8 Å². The fourth-order valence-electron chi connectivity index (χ4n) is 4.22. The third kappa shape index (κ3) is 1.71. The molecule has 0 radical (unpaired) electrons. The molecule has 2 aliphatic rings. The van der Waals surface area contributed by atoms with Gasteiger partial charge in [0.05, 0.1) is 17.4 Å². The lowest BCUT2D eigenvalue weighted by Gasteiger charge is -2.37. The van der Waals surface area contributed by atoms with E-state index in [2.05, 4.69) is 21.1 Å². The van der Waals surface area contributed by atoms with Gasteiger partial charge >= 0.3 is 0 Å². The molecule has 3 aromatic heterocycles. The number of nitrogens with zero attached hydrogens (tertiary/aromatic N) is 5. The molecule has 4 heterocycles. The van der Waals surface area contributed by atoms with Gasteiger partial charge in [-0.05, 0) is 24.3 Å². The Morgan fingerprint density at radius 1 is 1.30 bits per heavy atom. The lowest BCUT2D eigenvalue weighted by Crippen LogP contribution is -2.54. The Labute approximate surface area is 152 Å². The average molecular weight is 358 g/mol. The van der Waals surface area contributed by atoms with Crippen LogP contribution in [-0.4, -0.2) is 43.6 Å². The van der Waals surface area contributed by atoms with Crippen molar-refractivity contribution in [2.45, 2.75) is 18.4 Å². The Hall–Kier alpha value is -3.47. The average Bonchev–Trinajstić information content (AvgIpc) is 3.13. The van der Waals surface area contributed by atoms with Gasteiger partial charge in [-0.2, -0.15) is 10.4 Å². The summed E-state index contributed by atoms with van der Waals surface area (Å²) in [5, 5.41) is 16.5. The molecule has 132 valence electrons. The zero-order chi connectivity index (χ0) is 18.3. The molecule has 1 saturated carbocycles. The first-order valence-electron chi connectivity index (χ1n) is 8.93. The number of hydrogen-bond donors (Lipinski definition) is 1. The summed E-state index contributed by atoms with van der Waals surface area (Å²) >= 11 is 0. The Bertz CT molecular complexity index is 1350. The number of nitrogens with one attached hydrogen (secondary N) is 1. The Balaban J connectivity index is 1.53. The highest BCUT2D eigenvalue weighted by Crippen LogP contribution is 2.46. The molecule has 6 rings (SSSR count). The fraction of sp³-hybridized carbons (Fsp3) is 0.316. The number of fused-ring (bicyclic) bond motifs is 2. The second kappa shape index (κ2) is 4.62. The van der Waals surface area contributed by atoms with Gasteiger partial charge < -0.3 is 9.88 Å². The highest BCUT2D eigenvalue weighted by Gasteiger charge is 2.56. The van der Waals surface area contributed by atoms with Crippen molar-refractivity contribution in [3.63, 3.8) is 0 Å². The number of carbonyl (C=O) groups is 1. The van der Waals surface area contributed by atoms with Crippen molar-refractivity contribution in [1.82, 2.24) is 24.6 Å². The van der Waals surface area contributed by atoms with Crippen LogP contribution in [0.5, 0.6) is 0 Å². The fourth-order valence-corrected chi connectivity index (χ4v) is 4.22. The van der Waals surface area contributed by atoms with E-state index in [1.54, 1.807) is 22.0 Å². The SMILES string of the molecule is N#CC1CN(C(=O)C2(n3cc4c(n3)c(=O)c3cnc5[nH]ccc4c53)CC2)C1. The van der Waals surface area contributed by atoms with Gasteiger partial charge in [-0.3, -0.25) is 14.3 Å². The number of nitriles is 1. The molecule has 1 saturated heterocycles. The molecule has 0 spiro atoms. The molecule has 0 unspecified atom stereocenters. The number of aromatic nitrogens is 4. The van der Waals surface area contributed by atoms with E-state index in [1.807, 2.05) is 12.3 Å². The minimum Gasteiger partial charge on any atom is -0.346 e. The monoisotopic (exact) mass is 358 g/mol. The van der Waals surface area contributed by atoms with Crippen LogP contribution in [0.25, 0.3) is 32.7 Å². The number of benzene rings is 1. The van der Waals surface area contributed by atoms with Crippen LogP contribution in [0.2, 0.25) is 0 Å². The van der Waals surface area contributed by atoms with Crippen LogP contribution in [-0.2, 0) is 10.3 Å². The summed E-state index contributed by atoms with van der Waals surface area (Å²) in [6.07, 6.45) is 6.60. The quantitative estimate of drug-likeness (QED) is 0.582. The van der Waals surface area contributed by atoms with Crippen molar-refractivity contribution in [2.75, 3.05) is 13.1 Å². The zero-order valence-electron chi connectivity index (χ0n) is 14.3. The molecule has 2 fully saturated rings. The summed E-state index contributed by atoms with van der Waals surface area (Å²) in [6.45, 7) is 0.959. The third-order valence-electron chi connectivity index (χ3n) is 5.94. The molecule has 8 heteroatoms. The van der Waals surface area contributed by atoms with E-state index < -0.39 is 5.54 Å². The van der Waals surface area contributed by atoms with Gasteiger partial charge in [0.2, 0.25) is 5.43 Å². The van der Waals surface area contributed by atoms with Gasteiger partial charge in [0.1, 0.15) is 16.7 Å². The highest BCUT2D eigenvalue weighted by atomic mass is 16.2. The number of aromatic amines is 1. The first kappa shape index (κ1) is 14.7. The van der Waals surface area contributed by atoms with Gasteiger partial charge in [-0.15, -0.1) is 0 Å². The molecule has 1 aliphatic heterocycles. The first-order valence-corrected chi connectivity index (χ1v) is 8.93. The van der Waals surface area contributed by atoms with E-state index in [1.165, 1.54) is 0 Å². The summed E-state index contributed by atoms with van der Waals surface area (Å²) in [5.74, 6) is -0.0746. The third-order valence-corrected chi connectivity index (χ3v) is 5.94. The Kier molecular flexibility index (Phi) is 2.51. The van der Waals surface area contributed by atoms with E-state index in [9.17, 15) is 9.59 Å². The van der Waals surface area contributed by atoms with Gasteiger partial charge in [-0.25, -0.2) is 4.98 Å². The van der Waals surface area contributed by atoms with Crippen LogP contribution in [0, 0.1) is 17.2 Å². The maximum absolute atomic E-state index is 13.0. The number of pyridine rings is 1. The van der Waals surface area contributed by atoms with E-state index >= 15 is 0 Å². The topological polar surface area (TPSA) is 108 Å². The molecule has 4 aromatic rings. The predicted octanol–water partition coefficient (Wildman–Crippen LogP) is 1.33. The number of carbonyl (C=O) groups excluding carboxylic acids is 1. The van der Waals surface area contributed by atoms with Crippen molar-refractivity contribution in [3.8, 4) is 6.07 Å². The van der Waals surface area contributed by atoms with E-state index in [-0.39, 0.29) is 17.3 Å². The van der Waals surface area contributed by atoms with Crippen molar-refractivity contribution in [2.24, 2.45) is 5.92 Å². The van der Waals surface area contributed by atoms with Gasteiger partial charge in [0.25, 0.3) is 5.91 Å². The summed E-state index contributed by atoms with van der Waals surface area (Å²) < 4.78 is 1.68. The van der Waals surface area contributed by atoms with Crippen LogP contribution < -0.4 is 5.43 Å². The number of H-pyrrole nitrogens is 1. The standard InChI is InChI=1S/C19H14N6O2/c20-5-10-7-24(8-10)18(27)19(2-3-19)25-9-13-11-1-4-21-17-14(11)12(6-22-17)16(26)15(13)23-25/h1,4,6,9-10H,2-3,7-8H2,(H,21,22). The van der Waals surface area contributed by atoms with E-state index in [4.69, 9.17) is 5.26 Å². The Morgan fingerprint density at radius 2 is 2.11 bits per heavy atom. The van der Waals surface area contributed by atoms with Crippen molar-refractivity contribution in [3.05, 3.63) is 34.9 Å². The van der Waals surface area contributed by atoms with E-state index in [0.29, 0.717) is 42.5 Å². The van der Waals surface area contributed by atoms with Gasteiger partial charge in [0, 0.05) is 42.5 Å². The van der Waals surface area contributed by atoms with Crippen molar-refractivity contribution < 1.29 is 4.79 Å². The first-order chi connectivity index (χ1) is 13.1. The molecule has 1 aromatic carbocycles. The normalized spacial score (nSPS) is 18.9. The predicted molar refractivity (Wildman–Crippen MR) is 97.2 cm³/mol. The van der Waals surface area contributed by atoms with Crippen LogP contribution in [0.3, 0.4) is 0 Å². The molecule has 1 amide bonds. The molecule has 0 bridgehead atoms.